The molecule has 154 valence electrons. The standard InChI is InChI=1S/C24H24N2O4/c1-17(2)26-15-21(14-25-26)23(27)13-8-18-6-11-22(12-7-18)30-16-19-4-9-20(10-5-19)24(28)29-3/h4-15,17H,16H2,1-3H3. The number of ether oxygens (including phenoxy) is 2. The molecular formula is C24H24N2O4. The lowest BCUT2D eigenvalue weighted by atomic mass is 10.1. The molecule has 0 aliphatic carbocycles. The molecule has 6 heteroatoms. The number of carbonyl (C=O) groups excluding carboxylic acids is 2. The van der Waals surface area contributed by atoms with Gasteiger partial charge in [0.15, 0.2) is 5.78 Å². The average Bonchev–Trinajstić information content (AvgIpc) is 3.27. The molecule has 3 aromatic rings. The van der Waals surface area contributed by atoms with E-state index >= 15 is 0 Å². The number of esters is 1. The molecule has 30 heavy (non-hydrogen) atoms. The maximum Gasteiger partial charge on any atom is 0.337 e. The van der Waals surface area contributed by atoms with E-state index in [1.807, 2.05) is 50.2 Å². The molecule has 0 aliphatic rings. The highest BCUT2D eigenvalue weighted by atomic mass is 16.5. The van der Waals surface area contributed by atoms with Gasteiger partial charge in [-0.05, 0) is 55.3 Å². The summed E-state index contributed by atoms with van der Waals surface area (Å²) in [7, 11) is 1.36. The van der Waals surface area contributed by atoms with E-state index in [-0.39, 0.29) is 17.8 Å². The first-order valence-corrected chi connectivity index (χ1v) is 9.63. The minimum absolute atomic E-state index is 0.0855. The Balaban J connectivity index is 1.54. The largest absolute Gasteiger partial charge is 0.489 e. The van der Waals surface area contributed by atoms with Crippen LogP contribution in [0.2, 0.25) is 0 Å². The van der Waals surface area contributed by atoms with Gasteiger partial charge in [-0.2, -0.15) is 5.10 Å². The van der Waals surface area contributed by atoms with Gasteiger partial charge in [-0.1, -0.05) is 30.3 Å². The van der Waals surface area contributed by atoms with Gasteiger partial charge in [0, 0.05) is 12.2 Å². The summed E-state index contributed by atoms with van der Waals surface area (Å²) in [6.07, 6.45) is 6.65. The Morgan fingerprint density at radius 3 is 2.33 bits per heavy atom. The highest BCUT2D eigenvalue weighted by molar-refractivity contribution is 6.06. The molecule has 6 nitrogen and oxygen atoms in total. The molecule has 0 spiro atoms. The summed E-state index contributed by atoms with van der Waals surface area (Å²) >= 11 is 0. The van der Waals surface area contributed by atoms with Crippen molar-refractivity contribution in [1.29, 1.82) is 0 Å². The molecule has 0 amide bonds. The molecule has 0 unspecified atom stereocenters. The molecule has 0 N–H and O–H groups in total. The topological polar surface area (TPSA) is 70.4 Å². The number of rotatable bonds is 8. The van der Waals surface area contributed by atoms with Crippen LogP contribution in [0.25, 0.3) is 6.08 Å². The maximum absolute atomic E-state index is 12.3. The van der Waals surface area contributed by atoms with Crippen LogP contribution in [0.3, 0.4) is 0 Å². The van der Waals surface area contributed by atoms with Crippen LogP contribution in [0.5, 0.6) is 5.75 Å². The lowest BCUT2D eigenvalue weighted by Crippen LogP contribution is -2.01. The van der Waals surface area contributed by atoms with Crippen molar-refractivity contribution in [2.75, 3.05) is 7.11 Å². The first-order valence-electron chi connectivity index (χ1n) is 9.63. The van der Waals surface area contributed by atoms with Crippen molar-refractivity contribution < 1.29 is 19.1 Å². The summed E-state index contributed by atoms with van der Waals surface area (Å²) in [5.41, 5.74) is 2.91. The van der Waals surface area contributed by atoms with Gasteiger partial charge in [0.1, 0.15) is 12.4 Å². The third-order valence-electron chi connectivity index (χ3n) is 4.50. The van der Waals surface area contributed by atoms with Crippen molar-refractivity contribution in [2.24, 2.45) is 0 Å². The monoisotopic (exact) mass is 404 g/mol. The Morgan fingerprint density at radius 2 is 1.73 bits per heavy atom. The van der Waals surface area contributed by atoms with Gasteiger partial charge in [-0.15, -0.1) is 0 Å². The molecule has 1 heterocycles. The highest BCUT2D eigenvalue weighted by Gasteiger charge is 2.07. The molecule has 0 fully saturated rings. The van der Waals surface area contributed by atoms with Crippen LogP contribution in [0.15, 0.2) is 67.0 Å². The molecule has 1 aromatic heterocycles. The third-order valence-corrected chi connectivity index (χ3v) is 4.50. The van der Waals surface area contributed by atoms with E-state index in [2.05, 4.69) is 9.84 Å². The lowest BCUT2D eigenvalue weighted by Gasteiger charge is -2.07. The van der Waals surface area contributed by atoms with E-state index in [1.165, 1.54) is 7.11 Å². The fourth-order valence-electron chi connectivity index (χ4n) is 2.71. The Hall–Kier alpha value is -3.67. The van der Waals surface area contributed by atoms with E-state index < -0.39 is 0 Å². The quantitative estimate of drug-likeness (QED) is 0.308. The molecule has 3 rings (SSSR count). The second-order valence-corrected chi connectivity index (χ2v) is 7.05. The van der Waals surface area contributed by atoms with Crippen molar-refractivity contribution in [3.05, 3.63) is 89.3 Å². The van der Waals surface area contributed by atoms with Crippen molar-refractivity contribution in [3.63, 3.8) is 0 Å². The van der Waals surface area contributed by atoms with Crippen molar-refractivity contribution in [2.45, 2.75) is 26.5 Å². The number of carbonyl (C=O) groups is 2. The fourth-order valence-corrected chi connectivity index (χ4v) is 2.71. The van der Waals surface area contributed by atoms with Crippen molar-refractivity contribution >= 4 is 17.8 Å². The lowest BCUT2D eigenvalue weighted by molar-refractivity contribution is 0.0600. The zero-order valence-electron chi connectivity index (χ0n) is 17.2. The Kier molecular flexibility index (Phi) is 6.80. The number of benzene rings is 2. The van der Waals surface area contributed by atoms with Gasteiger partial charge >= 0.3 is 5.97 Å². The predicted octanol–water partition coefficient (Wildman–Crippen LogP) is 4.73. The fraction of sp³-hybridized carbons (Fsp3) is 0.208. The Bertz CT molecular complexity index is 1030. The third kappa shape index (κ3) is 5.44. The van der Waals surface area contributed by atoms with E-state index in [0.29, 0.717) is 23.5 Å². The van der Waals surface area contributed by atoms with Gasteiger partial charge in [0.05, 0.1) is 24.4 Å². The number of nitrogens with zero attached hydrogens (tertiary/aromatic N) is 2. The molecular weight excluding hydrogens is 380 g/mol. The molecule has 0 saturated carbocycles. The van der Waals surface area contributed by atoms with Gasteiger partial charge in [0.2, 0.25) is 0 Å². The summed E-state index contributed by atoms with van der Waals surface area (Å²) in [4.78, 5) is 23.7. The van der Waals surface area contributed by atoms with Gasteiger partial charge < -0.3 is 9.47 Å². The molecule has 0 saturated heterocycles. The summed E-state index contributed by atoms with van der Waals surface area (Å²) in [6, 6.07) is 14.8. The molecule has 0 aliphatic heterocycles. The first-order chi connectivity index (χ1) is 14.5. The van der Waals surface area contributed by atoms with E-state index in [0.717, 1.165) is 11.1 Å². The van der Waals surface area contributed by atoms with Crippen LogP contribution in [0.1, 0.15) is 51.7 Å². The van der Waals surface area contributed by atoms with Crippen LogP contribution in [-0.4, -0.2) is 28.6 Å². The highest BCUT2D eigenvalue weighted by Crippen LogP contribution is 2.16. The number of hydrogen-bond donors (Lipinski definition) is 0. The zero-order valence-corrected chi connectivity index (χ0v) is 17.2. The first kappa shape index (κ1) is 21.0. The van der Waals surface area contributed by atoms with Gasteiger partial charge in [0.25, 0.3) is 0 Å². The van der Waals surface area contributed by atoms with Crippen molar-refractivity contribution in [1.82, 2.24) is 9.78 Å². The maximum atomic E-state index is 12.3. The molecule has 0 bridgehead atoms. The van der Waals surface area contributed by atoms with Crippen LogP contribution in [-0.2, 0) is 11.3 Å². The van der Waals surface area contributed by atoms with Gasteiger partial charge in [-0.25, -0.2) is 4.79 Å². The summed E-state index contributed by atoms with van der Waals surface area (Å²) in [6.45, 7) is 4.41. The average molecular weight is 404 g/mol. The zero-order chi connectivity index (χ0) is 21.5. The number of methoxy groups -OCH3 is 1. The minimum atomic E-state index is -0.363. The number of hydrogen-bond acceptors (Lipinski definition) is 5. The molecule has 0 atom stereocenters. The van der Waals surface area contributed by atoms with Crippen molar-refractivity contribution in [3.8, 4) is 5.75 Å². The number of aromatic nitrogens is 2. The summed E-state index contributed by atoms with van der Waals surface area (Å²) in [5.74, 6) is 0.268. The Morgan fingerprint density at radius 1 is 1.03 bits per heavy atom. The second kappa shape index (κ2) is 9.69. The van der Waals surface area contributed by atoms with Crippen LogP contribution < -0.4 is 4.74 Å². The number of ketones is 1. The number of allylic oxidation sites excluding steroid dienone is 1. The second-order valence-electron chi connectivity index (χ2n) is 7.05. The Labute approximate surface area is 175 Å². The minimum Gasteiger partial charge on any atom is -0.489 e. The van der Waals surface area contributed by atoms with Crippen LogP contribution in [0.4, 0.5) is 0 Å². The van der Waals surface area contributed by atoms with E-state index in [9.17, 15) is 9.59 Å². The predicted molar refractivity (Wildman–Crippen MR) is 115 cm³/mol. The summed E-state index contributed by atoms with van der Waals surface area (Å²) < 4.78 is 12.2. The SMILES string of the molecule is COC(=O)c1ccc(COc2ccc(C=CC(=O)c3cnn(C(C)C)c3)cc2)cc1. The van der Waals surface area contributed by atoms with E-state index in [4.69, 9.17) is 4.74 Å². The molecule has 0 radical (unpaired) electrons. The molecule has 2 aromatic carbocycles. The van der Waals surface area contributed by atoms with E-state index in [1.54, 1.807) is 41.4 Å². The van der Waals surface area contributed by atoms with Crippen LogP contribution in [0, 0.1) is 0 Å². The normalized spacial score (nSPS) is 11.1. The summed E-state index contributed by atoms with van der Waals surface area (Å²) in [5, 5.41) is 4.19. The van der Waals surface area contributed by atoms with Gasteiger partial charge in [-0.3, -0.25) is 9.48 Å². The smallest absolute Gasteiger partial charge is 0.337 e. The van der Waals surface area contributed by atoms with Crippen LogP contribution >= 0.6 is 0 Å².